The zero-order valence-electron chi connectivity index (χ0n) is 17.1. The van der Waals surface area contributed by atoms with E-state index in [0.717, 1.165) is 7.05 Å². The SMILES string of the molecule is Cn1c(C(F)(F)F)cc(=O)n(-c2cc(C(=O)NNC(=O)OC(C)(C)C)c(Cl)cc2F)c1=O. The van der Waals surface area contributed by atoms with Crippen LogP contribution in [-0.4, -0.2) is 26.7 Å². The molecule has 0 aliphatic carbocycles. The Labute approximate surface area is 182 Å². The number of nitrogens with zero attached hydrogens (tertiary/aromatic N) is 2. The van der Waals surface area contributed by atoms with E-state index in [1.165, 1.54) is 0 Å². The second-order valence-electron chi connectivity index (χ2n) is 7.41. The van der Waals surface area contributed by atoms with Crippen molar-refractivity contribution in [1.82, 2.24) is 20.0 Å². The van der Waals surface area contributed by atoms with Crippen LogP contribution >= 0.6 is 11.6 Å². The van der Waals surface area contributed by atoms with E-state index in [2.05, 4.69) is 0 Å². The molecule has 0 radical (unpaired) electrons. The Bertz CT molecular complexity index is 1200. The minimum atomic E-state index is -5.01. The van der Waals surface area contributed by atoms with Crippen molar-refractivity contribution in [3.63, 3.8) is 0 Å². The lowest BCUT2D eigenvalue weighted by Gasteiger charge is -2.20. The molecule has 174 valence electrons. The fraction of sp³-hybridized carbons (Fsp3) is 0.333. The molecule has 0 saturated carbocycles. The molecule has 1 aromatic heterocycles. The Hall–Kier alpha value is -3.35. The fourth-order valence-corrected chi connectivity index (χ4v) is 2.72. The van der Waals surface area contributed by atoms with Crippen molar-refractivity contribution in [2.45, 2.75) is 32.5 Å². The normalized spacial score (nSPS) is 11.8. The van der Waals surface area contributed by atoms with E-state index in [0.29, 0.717) is 12.1 Å². The van der Waals surface area contributed by atoms with Gasteiger partial charge >= 0.3 is 18.0 Å². The molecule has 0 unspecified atom stereocenters. The van der Waals surface area contributed by atoms with E-state index in [1.54, 1.807) is 20.8 Å². The highest BCUT2D eigenvalue weighted by atomic mass is 35.5. The number of nitrogens with one attached hydrogen (secondary N) is 2. The predicted molar refractivity (Wildman–Crippen MR) is 104 cm³/mol. The third-order valence-corrected chi connectivity index (χ3v) is 4.12. The number of carbonyl (C=O) groups is 2. The Morgan fingerprint density at radius 1 is 1.06 bits per heavy atom. The number of hydrogen-bond acceptors (Lipinski definition) is 5. The van der Waals surface area contributed by atoms with E-state index in [4.69, 9.17) is 16.3 Å². The molecule has 0 fully saturated rings. The smallest absolute Gasteiger partial charge is 0.431 e. The van der Waals surface area contributed by atoms with Gasteiger partial charge in [-0.2, -0.15) is 13.2 Å². The average Bonchev–Trinajstić information content (AvgIpc) is 2.62. The van der Waals surface area contributed by atoms with Crippen molar-refractivity contribution < 1.29 is 31.9 Å². The molecule has 0 saturated heterocycles. The van der Waals surface area contributed by atoms with Gasteiger partial charge in [-0.15, -0.1) is 0 Å². The van der Waals surface area contributed by atoms with Crippen LogP contribution in [0.15, 0.2) is 27.8 Å². The average molecular weight is 481 g/mol. The van der Waals surface area contributed by atoms with Crippen molar-refractivity contribution in [2.75, 3.05) is 0 Å². The van der Waals surface area contributed by atoms with Crippen molar-refractivity contribution >= 4 is 23.6 Å². The second-order valence-corrected chi connectivity index (χ2v) is 7.81. The Kier molecular flexibility index (Phi) is 6.73. The van der Waals surface area contributed by atoms with Gasteiger partial charge in [0, 0.05) is 13.1 Å². The number of rotatable bonds is 2. The Morgan fingerprint density at radius 3 is 2.19 bits per heavy atom. The first-order valence-corrected chi connectivity index (χ1v) is 9.09. The van der Waals surface area contributed by atoms with Crippen LogP contribution in [0.25, 0.3) is 5.69 Å². The van der Waals surface area contributed by atoms with E-state index < -0.39 is 62.8 Å². The number of halogens is 5. The minimum Gasteiger partial charge on any atom is -0.443 e. The highest BCUT2D eigenvalue weighted by Gasteiger charge is 2.35. The van der Waals surface area contributed by atoms with Crippen molar-refractivity contribution in [2.24, 2.45) is 7.05 Å². The first-order chi connectivity index (χ1) is 14.5. The van der Waals surface area contributed by atoms with Gasteiger partial charge in [-0.3, -0.25) is 19.6 Å². The van der Waals surface area contributed by atoms with Gasteiger partial charge in [0.05, 0.1) is 16.3 Å². The zero-order chi connectivity index (χ0) is 24.6. The number of carbonyl (C=O) groups excluding carboxylic acids is 2. The van der Waals surface area contributed by atoms with E-state index >= 15 is 0 Å². The van der Waals surface area contributed by atoms with Gasteiger partial charge in [-0.05, 0) is 32.9 Å². The third kappa shape index (κ3) is 5.46. The van der Waals surface area contributed by atoms with Crippen LogP contribution in [0, 0.1) is 5.82 Å². The number of hydrazine groups is 1. The first kappa shape index (κ1) is 24.9. The summed E-state index contributed by atoms with van der Waals surface area (Å²) in [5.74, 6) is -2.34. The summed E-state index contributed by atoms with van der Waals surface area (Å²) >= 11 is 5.84. The summed E-state index contributed by atoms with van der Waals surface area (Å²) in [5, 5.41) is -0.466. The van der Waals surface area contributed by atoms with E-state index in [-0.39, 0.29) is 15.2 Å². The highest BCUT2D eigenvalue weighted by Crippen LogP contribution is 2.27. The lowest BCUT2D eigenvalue weighted by atomic mass is 10.1. The summed E-state index contributed by atoms with van der Waals surface area (Å²) in [6.07, 6.45) is -6.04. The van der Waals surface area contributed by atoms with E-state index in [9.17, 15) is 36.7 Å². The van der Waals surface area contributed by atoms with Crippen LogP contribution in [0.2, 0.25) is 5.02 Å². The lowest BCUT2D eigenvalue weighted by Crippen LogP contribution is -2.44. The standard InChI is InChI=1S/C18H17ClF4N4O5/c1-17(2,3)32-15(30)25-24-14(29)8-5-11(10(20)6-9(8)19)27-13(28)7-12(18(21,22)23)26(4)16(27)31/h5-7H,1-4H3,(H,24,29)(H,25,30). The molecule has 14 heteroatoms. The maximum absolute atomic E-state index is 14.5. The van der Waals surface area contributed by atoms with Crippen molar-refractivity contribution in [1.29, 1.82) is 0 Å². The molecule has 0 aliphatic heterocycles. The molecule has 2 N–H and O–H groups in total. The topological polar surface area (TPSA) is 111 Å². The van der Waals surface area contributed by atoms with Gasteiger partial charge < -0.3 is 4.74 Å². The minimum absolute atomic E-state index is 0.110. The van der Waals surface area contributed by atoms with Gasteiger partial charge in [0.2, 0.25) is 0 Å². The largest absolute Gasteiger partial charge is 0.443 e. The molecule has 0 bridgehead atoms. The summed E-state index contributed by atoms with van der Waals surface area (Å²) in [6.45, 7) is 4.71. The van der Waals surface area contributed by atoms with Gasteiger partial charge in [0.15, 0.2) is 0 Å². The fourth-order valence-electron chi connectivity index (χ4n) is 2.48. The van der Waals surface area contributed by atoms with Gasteiger partial charge in [0.1, 0.15) is 17.1 Å². The lowest BCUT2D eigenvalue weighted by molar-refractivity contribution is -0.144. The number of hydrogen-bond donors (Lipinski definition) is 2. The molecule has 9 nitrogen and oxygen atoms in total. The van der Waals surface area contributed by atoms with Crippen LogP contribution < -0.4 is 22.1 Å². The van der Waals surface area contributed by atoms with Crippen LogP contribution in [0.3, 0.4) is 0 Å². The number of ether oxygens (including phenoxy) is 1. The van der Waals surface area contributed by atoms with Gasteiger partial charge in [-0.1, -0.05) is 11.6 Å². The van der Waals surface area contributed by atoms with Crippen molar-refractivity contribution in [3.05, 3.63) is 61.1 Å². The zero-order valence-corrected chi connectivity index (χ0v) is 17.8. The molecular weight excluding hydrogens is 464 g/mol. The molecule has 2 aromatic rings. The number of alkyl halides is 3. The third-order valence-electron chi connectivity index (χ3n) is 3.81. The maximum Gasteiger partial charge on any atom is 0.431 e. The monoisotopic (exact) mass is 480 g/mol. The van der Waals surface area contributed by atoms with Gasteiger partial charge in [0.25, 0.3) is 11.5 Å². The van der Waals surface area contributed by atoms with E-state index in [1.807, 2.05) is 10.9 Å². The molecule has 1 aromatic carbocycles. The molecule has 2 amide bonds. The number of amides is 2. The van der Waals surface area contributed by atoms with Crippen LogP contribution in [0.1, 0.15) is 36.8 Å². The molecule has 0 spiro atoms. The van der Waals surface area contributed by atoms with Gasteiger partial charge in [-0.25, -0.2) is 24.0 Å². The summed E-state index contributed by atoms with van der Waals surface area (Å²) in [4.78, 5) is 48.6. The Morgan fingerprint density at radius 2 is 1.66 bits per heavy atom. The maximum atomic E-state index is 14.5. The molecule has 1 heterocycles. The predicted octanol–water partition coefficient (Wildman–Crippen LogP) is 2.52. The summed E-state index contributed by atoms with van der Waals surface area (Å²) < 4.78 is 58.6. The summed E-state index contributed by atoms with van der Waals surface area (Å²) in [5.41, 5.74) is -2.87. The summed E-state index contributed by atoms with van der Waals surface area (Å²) in [6, 6.07) is 1.38. The first-order valence-electron chi connectivity index (χ1n) is 8.72. The van der Waals surface area contributed by atoms with Crippen LogP contribution in [0.4, 0.5) is 22.4 Å². The second kappa shape index (κ2) is 8.65. The molecule has 0 atom stereocenters. The molecule has 32 heavy (non-hydrogen) atoms. The molecule has 2 rings (SSSR count). The number of aromatic nitrogens is 2. The van der Waals surface area contributed by atoms with Crippen LogP contribution in [-0.2, 0) is 18.0 Å². The summed E-state index contributed by atoms with van der Waals surface area (Å²) in [7, 11) is 0.743. The molecule has 0 aliphatic rings. The quantitative estimate of drug-likeness (QED) is 0.507. The Balaban J connectivity index is 2.49. The highest BCUT2D eigenvalue weighted by molar-refractivity contribution is 6.34. The molecular formula is C18H17ClF4N4O5. The van der Waals surface area contributed by atoms with Crippen LogP contribution in [0.5, 0.6) is 0 Å². The number of benzene rings is 1. The van der Waals surface area contributed by atoms with Crippen molar-refractivity contribution in [3.8, 4) is 5.69 Å².